The summed E-state index contributed by atoms with van der Waals surface area (Å²) >= 11 is 0. The van der Waals surface area contributed by atoms with Gasteiger partial charge in [-0.3, -0.25) is 4.79 Å². The molecule has 0 saturated heterocycles. The molecular formula is C20H32O4Si. The molecule has 0 unspecified atom stereocenters. The number of hydrogen-bond donors (Lipinski definition) is 1. The van der Waals surface area contributed by atoms with Crippen molar-refractivity contribution in [3.05, 3.63) is 29.8 Å². The standard InChI is InChI=1S/C20H32O4Si/c1-15(20(21)22)19(24-25(2,3)4)17-11-8-12-18(13-17)23-14-16-9-6-5-7-10-16/h8,11-13,15-16,19H,5-7,9-10,14H2,1-4H3,(H,21,22)/t15-,19+/m1/s1. The molecule has 1 aliphatic carbocycles. The minimum atomic E-state index is -1.88. The van der Waals surface area contributed by atoms with E-state index in [2.05, 4.69) is 19.6 Å². The zero-order valence-corrected chi connectivity index (χ0v) is 17.0. The molecule has 0 radical (unpaired) electrons. The van der Waals surface area contributed by atoms with Gasteiger partial charge in [-0.2, -0.15) is 0 Å². The smallest absolute Gasteiger partial charge is 0.309 e. The van der Waals surface area contributed by atoms with Crippen LogP contribution in [-0.4, -0.2) is 26.0 Å². The topological polar surface area (TPSA) is 55.8 Å². The summed E-state index contributed by atoms with van der Waals surface area (Å²) in [7, 11) is -1.88. The summed E-state index contributed by atoms with van der Waals surface area (Å²) in [6.07, 6.45) is 6.00. The van der Waals surface area contributed by atoms with Gasteiger partial charge in [-0.1, -0.05) is 31.4 Å². The second kappa shape index (κ2) is 8.85. The Labute approximate surface area is 152 Å². The number of carboxylic acid groups (broad SMARTS) is 1. The largest absolute Gasteiger partial charge is 0.493 e. The number of carboxylic acids is 1. The van der Waals surface area contributed by atoms with Gasteiger partial charge in [0.15, 0.2) is 8.32 Å². The minimum absolute atomic E-state index is 0.442. The summed E-state index contributed by atoms with van der Waals surface area (Å²) in [6.45, 7) is 8.70. The maximum absolute atomic E-state index is 11.5. The fourth-order valence-electron chi connectivity index (χ4n) is 3.32. The molecule has 0 aliphatic heterocycles. The summed E-state index contributed by atoms with van der Waals surface area (Å²) in [5.41, 5.74) is 0.887. The highest BCUT2D eigenvalue weighted by molar-refractivity contribution is 6.69. The Morgan fingerprint density at radius 3 is 2.52 bits per heavy atom. The van der Waals surface area contributed by atoms with Crippen molar-refractivity contribution >= 4 is 14.3 Å². The zero-order valence-electron chi connectivity index (χ0n) is 16.0. The molecule has 2 atom stereocenters. The lowest BCUT2D eigenvalue weighted by molar-refractivity contribution is -0.144. The lowest BCUT2D eigenvalue weighted by Crippen LogP contribution is -2.33. The summed E-state index contributed by atoms with van der Waals surface area (Å²) in [4.78, 5) is 11.5. The second-order valence-corrected chi connectivity index (χ2v) is 12.6. The Balaban J connectivity index is 2.10. The number of rotatable bonds is 8. The van der Waals surface area contributed by atoms with E-state index in [0.29, 0.717) is 5.92 Å². The predicted octanol–water partition coefficient (Wildman–Crippen LogP) is 5.26. The van der Waals surface area contributed by atoms with Crippen molar-refractivity contribution in [1.82, 2.24) is 0 Å². The molecule has 0 amide bonds. The van der Waals surface area contributed by atoms with Gasteiger partial charge in [-0.25, -0.2) is 0 Å². The molecule has 1 saturated carbocycles. The molecule has 1 fully saturated rings. The van der Waals surface area contributed by atoms with Crippen LogP contribution in [0.15, 0.2) is 24.3 Å². The second-order valence-electron chi connectivity index (χ2n) is 8.17. The molecule has 140 valence electrons. The van der Waals surface area contributed by atoms with Gasteiger partial charge in [0.2, 0.25) is 0 Å². The van der Waals surface area contributed by atoms with Gasteiger partial charge in [-0.05, 0) is 63.0 Å². The van der Waals surface area contributed by atoms with Crippen molar-refractivity contribution in [2.75, 3.05) is 6.61 Å². The van der Waals surface area contributed by atoms with E-state index in [1.165, 1.54) is 32.1 Å². The van der Waals surface area contributed by atoms with Crippen LogP contribution in [0.2, 0.25) is 19.6 Å². The highest BCUT2D eigenvalue weighted by atomic mass is 28.4. The monoisotopic (exact) mass is 364 g/mol. The van der Waals surface area contributed by atoms with Crippen LogP contribution in [0.5, 0.6) is 5.75 Å². The van der Waals surface area contributed by atoms with Gasteiger partial charge in [0.1, 0.15) is 5.75 Å². The van der Waals surface area contributed by atoms with E-state index in [9.17, 15) is 9.90 Å². The Hall–Kier alpha value is -1.33. The number of carbonyl (C=O) groups is 1. The van der Waals surface area contributed by atoms with Gasteiger partial charge >= 0.3 is 5.97 Å². The third-order valence-corrected chi connectivity index (χ3v) is 5.68. The Kier molecular flexibility index (Phi) is 7.08. The highest BCUT2D eigenvalue weighted by Gasteiger charge is 2.31. The Morgan fingerprint density at radius 2 is 1.92 bits per heavy atom. The summed E-state index contributed by atoms with van der Waals surface area (Å²) in [5.74, 6) is 0.0197. The summed E-state index contributed by atoms with van der Waals surface area (Å²) in [5, 5.41) is 9.46. The first-order chi connectivity index (χ1) is 11.8. The lowest BCUT2D eigenvalue weighted by Gasteiger charge is -2.29. The SMILES string of the molecule is C[C@@H](C(=O)O)[C@H](O[Si](C)(C)C)c1cccc(OCC2CCCCC2)c1. The van der Waals surface area contributed by atoms with Gasteiger partial charge in [0.05, 0.1) is 18.6 Å². The molecule has 0 heterocycles. The molecular weight excluding hydrogens is 332 g/mol. The number of ether oxygens (including phenoxy) is 1. The van der Waals surface area contributed by atoms with Crippen LogP contribution in [0.4, 0.5) is 0 Å². The van der Waals surface area contributed by atoms with E-state index in [1.54, 1.807) is 6.92 Å². The van der Waals surface area contributed by atoms with Crippen molar-refractivity contribution in [2.45, 2.75) is 64.8 Å². The molecule has 4 nitrogen and oxygen atoms in total. The summed E-state index contributed by atoms with van der Waals surface area (Å²) in [6, 6.07) is 7.77. The third kappa shape index (κ3) is 6.48. The molecule has 0 aromatic heterocycles. The summed E-state index contributed by atoms with van der Waals surface area (Å²) < 4.78 is 12.2. The maximum Gasteiger partial charge on any atom is 0.309 e. The molecule has 1 aromatic carbocycles. The van der Waals surface area contributed by atoms with Crippen LogP contribution in [-0.2, 0) is 9.22 Å². The number of hydrogen-bond acceptors (Lipinski definition) is 3. The first kappa shape index (κ1) is 20.0. The van der Waals surface area contributed by atoms with Crippen molar-refractivity contribution in [2.24, 2.45) is 11.8 Å². The van der Waals surface area contributed by atoms with Crippen LogP contribution in [0.1, 0.15) is 50.7 Å². The molecule has 0 spiro atoms. The quantitative estimate of drug-likeness (QED) is 0.639. The average molecular weight is 365 g/mol. The molecule has 1 aromatic rings. The molecule has 1 aliphatic rings. The van der Waals surface area contributed by atoms with Crippen molar-refractivity contribution in [1.29, 1.82) is 0 Å². The van der Waals surface area contributed by atoms with Crippen LogP contribution >= 0.6 is 0 Å². The predicted molar refractivity (Wildman–Crippen MR) is 102 cm³/mol. The van der Waals surface area contributed by atoms with E-state index >= 15 is 0 Å². The third-order valence-electron chi connectivity index (χ3n) is 4.72. The Bertz CT molecular complexity index is 561. The van der Waals surface area contributed by atoms with E-state index in [0.717, 1.165) is 17.9 Å². The van der Waals surface area contributed by atoms with Gasteiger partial charge in [-0.15, -0.1) is 0 Å². The normalized spacial score (nSPS) is 18.6. The van der Waals surface area contributed by atoms with Gasteiger partial charge in [0, 0.05) is 0 Å². The lowest BCUT2D eigenvalue weighted by atomic mass is 9.90. The minimum Gasteiger partial charge on any atom is -0.493 e. The van der Waals surface area contributed by atoms with Gasteiger partial charge in [0.25, 0.3) is 0 Å². The van der Waals surface area contributed by atoms with Gasteiger partial charge < -0.3 is 14.3 Å². The van der Waals surface area contributed by atoms with Crippen LogP contribution < -0.4 is 4.74 Å². The maximum atomic E-state index is 11.5. The average Bonchev–Trinajstić information content (AvgIpc) is 2.57. The fraction of sp³-hybridized carbons (Fsp3) is 0.650. The van der Waals surface area contributed by atoms with Crippen molar-refractivity contribution in [3.63, 3.8) is 0 Å². The zero-order chi connectivity index (χ0) is 18.4. The first-order valence-corrected chi connectivity index (χ1v) is 12.8. The van der Waals surface area contributed by atoms with Crippen molar-refractivity contribution < 1.29 is 19.1 Å². The molecule has 25 heavy (non-hydrogen) atoms. The molecule has 0 bridgehead atoms. The van der Waals surface area contributed by atoms with E-state index in [4.69, 9.17) is 9.16 Å². The molecule has 2 rings (SSSR count). The van der Waals surface area contributed by atoms with E-state index in [-0.39, 0.29) is 0 Å². The van der Waals surface area contributed by atoms with Crippen LogP contribution in [0.25, 0.3) is 0 Å². The van der Waals surface area contributed by atoms with Crippen LogP contribution in [0.3, 0.4) is 0 Å². The number of benzene rings is 1. The Morgan fingerprint density at radius 1 is 1.24 bits per heavy atom. The molecule has 1 N–H and O–H groups in total. The van der Waals surface area contributed by atoms with Crippen LogP contribution in [0, 0.1) is 11.8 Å². The van der Waals surface area contributed by atoms with Crippen molar-refractivity contribution in [3.8, 4) is 5.75 Å². The van der Waals surface area contributed by atoms with E-state index in [1.807, 2.05) is 24.3 Å². The molecule has 5 heteroatoms. The number of aliphatic carboxylic acids is 1. The first-order valence-electron chi connectivity index (χ1n) is 9.39. The highest BCUT2D eigenvalue weighted by Crippen LogP contribution is 2.32. The van der Waals surface area contributed by atoms with E-state index < -0.39 is 26.3 Å². The fourth-order valence-corrected chi connectivity index (χ4v) is 4.42.